The third kappa shape index (κ3) is 2.74. The van der Waals surface area contributed by atoms with E-state index in [1.54, 1.807) is 22.9 Å². The van der Waals surface area contributed by atoms with Crippen LogP contribution in [0.1, 0.15) is 19.8 Å². The van der Waals surface area contributed by atoms with Crippen molar-refractivity contribution in [3.8, 4) is 11.3 Å². The highest BCUT2D eigenvalue weighted by molar-refractivity contribution is 6.30. The normalized spacial score (nSPS) is 11.0. The largest absolute Gasteiger partial charge is 0.290 e. The van der Waals surface area contributed by atoms with E-state index in [2.05, 4.69) is 16.9 Å². The molecule has 0 fully saturated rings. The van der Waals surface area contributed by atoms with Crippen molar-refractivity contribution in [3.63, 3.8) is 0 Å². The van der Waals surface area contributed by atoms with E-state index < -0.39 is 0 Å². The Morgan fingerprint density at radius 2 is 1.95 bits per heavy atom. The summed E-state index contributed by atoms with van der Waals surface area (Å²) in [7, 11) is 0. The Hall–Kier alpha value is -2.20. The highest BCUT2D eigenvalue weighted by atomic mass is 35.5. The van der Waals surface area contributed by atoms with Crippen LogP contribution in [0.15, 0.2) is 47.4 Å². The number of aryl methyl sites for hydroxylation is 1. The number of aromatic nitrogens is 3. The first-order chi connectivity index (χ1) is 10.7. The summed E-state index contributed by atoms with van der Waals surface area (Å²) in [4.78, 5) is 21.6. The first-order valence-corrected chi connectivity index (χ1v) is 7.70. The summed E-state index contributed by atoms with van der Waals surface area (Å²) >= 11 is 5.92. The molecular formula is C17H16ClN3O. The molecule has 3 aromatic rings. The summed E-state index contributed by atoms with van der Waals surface area (Å²) in [6.07, 6.45) is 3.63. The number of fused-ring (bicyclic) bond motifs is 1. The molecule has 0 aliphatic rings. The quantitative estimate of drug-likeness (QED) is 0.733. The molecule has 4 nitrogen and oxygen atoms in total. The Balaban J connectivity index is 2.24. The summed E-state index contributed by atoms with van der Waals surface area (Å²) in [6, 6.07) is 10.9. The van der Waals surface area contributed by atoms with Gasteiger partial charge in [0.1, 0.15) is 11.2 Å². The van der Waals surface area contributed by atoms with Crippen molar-refractivity contribution in [1.82, 2.24) is 14.5 Å². The van der Waals surface area contributed by atoms with Gasteiger partial charge in [-0.25, -0.2) is 9.97 Å². The monoisotopic (exact) mass is 313 g/mol. The number of pyridine rings is 1. The van der Waals surface area contributed by atoms with Crippen LogP contribution in [-0.2, 0) is 6.54 Å². The van der Waals surface area contributed by atoms with Gasteiger partial charge in [-0.1, -0.05) is 37.1 Å². The molecule has 2 heterocycles. The minimum absolute atomic E-state index is 0.109. The molecule has 0 N–H and O–H groups in total. The number of hydrogen-bond acceptors (Lipinski definition) is 3. The minimum Gasteiger partial charge on any atom is -0.290 e. The van der Waals surface area contributed by atoms with E-state index in [0.29, 0.717) is 22.9 Å². The van der Waals surface area contributed by atoms with Crippen LogP contribution < -0.4 is 5.56 Å². The molecule has 0 amide bonds. The first kappa shape index (κ1) is 14.7. The van der Waals surface area contributed by atoms with Crippen LogP contribution in [0.25, 0.3) is 22.4 Å². The average molecular weight is 314 g/mol. The van der Waals surface area contributed by atoms with Crippen LogP contribution in [-0.4, -0.2) is 14.5 Å². The van der Waals surface area contributed by atoms with Gasteiger partial charge in [-0.15, -0.1) is 0 Å². The highest BCUT2D eigenvalue weighted by Crippen LogP contribution is 2.19. The molecule has 0 aliphatic carbocycles. The van der Waals surface area contributed by atoms with E-state index in [-0.39, 0.29) is 5.56 Å². The summed E-state index contributed by atoms with van der Waals surface area (Å²) in [5, 5.41) is 0.637. The Bertz CT molecular complexity index is 856. The smallest absolute Gasteiger partial charge is 0.278 e. The molecule has 22 heavy (non-hydrogen) atoms. The van der Waals surface area contributed by atoms with Gasteiger partial charge in [0, 0.05) is 23.3 Å². The van der Waals surface area contributed by atoms with E-state index in [1.807, 2.05) is 24.3 Å². The number of halogens is 1. The maximum atomic E-state index is 12.8. The molecule has 0 unspecified atom stereocenters. The van der Waals surface area contributed by atoms with E-state index in [1.165, 1.54) is 0 Å². The second-order valence-corrected chi connectivity index (χ2v) is 5.56. The van der Waals surface area contributed by atoms with E-state index >= 15 is 0 Å². The molecule has 0 saturated heterocycles. The predicted octanol–water partition coefficient (Wildman–Crippen LogP) is 3.91. The average Bonchev–Trinajstić information content (AvgIpc) is 2.54. The Morgan fingerprint density at radius 1 is 1.18 bits per heavy atom. The van der Waals surface area contributed by atoms with Gasteiger partial charge in [-0.05, 0) is 30.7 Å². The lowest BCUT2D eigenvalue weighted by Gasteiger charge is -2.11. The number of unbranched alkanes of at least 4 members (excludes halogenated alkanes) is 1. The fraction of sp³-hybridized carbons (Fsp3) is 0.235. The fourth-order valence-corrected chi connectivity index (χ4v) is 2.52. The van der Waals surface area contributed by atoms with Crippen LogP contribution in [0.4, 0.5) is 0 Å². The second-order valence-electron chi connectivity index (χ2n) is 5.12. The maximum Gasteiger partial charge on any atom is 0.278 e. The van der Waals surface area contributed by atoms with E-state index in [4.69, 9.17) is 11.6 Å². The summed E-state index contributed by atoms with van der Waals surface area (Å²) < 4.78 is 1.72. The third-order valence-corrected chi connectivity index (χ3v) is 3.81. The first-order valence-electron chi connectivity index (χ1n) is 7.32. The van der Waals surface area contributed by atoms with Crippen molar-refractivity contribution in [3.05, 3.63) is 58.0 Å². The molecule has 3 rings (SSSR count). The topological polar surface area (TPSA) is 47.8 Å². The van der Waals surface area contributed by atoms with Crippen molar-refractivity contribution in [1.29, 1.82) is 0 Å². The Labute approximate surface area is 133 Å². The molecule has 5 heteroatoms. The zero-order chi connectivity index (χ0) is 15.5. The number of benzene rings is 1. The van der Waals surface area contributed by atoms with E-state index in [9.17, 15) is 4.79 Å². The van der Waals surface area contributed by atoms with Gasteiger partial charge in [0.05, 0.1) is 0 Å². The minimum atomic E-state index is -0.109. The fourth-order valence-electron chi connectivity index (χ4n) is 2.40. The lowest BCUT2D eigenvalue weighted by Crippen LogP contribution is -2.24. The third-order valence-electron chi connectivity index (χ3n) is 3.55. The van der Waals surface area contributed by atoms with Crippen LogP contribution in [0.2, 0.25) is 5.02 Å². The summed E-state index contributed by atoms with van der Waals surface area (Å²) in [6.45, 7) is 2.74. The van der Waals surface area contributed by atoms with Crippen molar-refractivity contribution in [2.24, 2.45) is 0 Å². The van der Waals surface area contributed by atoms with Crippen molar-refractivity contribution < 1.29 is 0 Å². The van der Waals surface area contributed by atoms with Gasteiger partial charge in [0.2, 0.25) is 0 Å². The molecule has 1 aromatic carbocycles. The standard InChI is InChI=1S/C17H16ClN3O/c1-2-3-11-21-16-14(5-4-10-19-16)20-15(17(21)22)12-6-8-13(18)9-7-12/h4-10H,2-3,11H2,1H3. The lowest BCUT2D eigenvalue weighted by molar-refractivity contribution is 0.626. The van der Waals surface area contributed by atoms with Gasteiger partial charge < -0.3 is 0 Å². The molecule has 0 bridgehead atoms. The highest BCUT2D eigenvalue weighted by Gasteiger charge is 2.13. The molecule has 2 aromatic heterocycles. The zero-order valence-corrected chi connectivity index (χ0v) is 13.0. The van der Waals surface area contributed by atoms with Crippen LogP contribution in [0.3, 0.4) is 0 Å². The Kier molecular flexibility index (Phi) is 4.20. The van der Waals surface area contributed by atoms with Crippen molar-refractivity contribution >= 4 is 22.8 Å². The SMILES string of the molecule is CCCCn1c(=O)c(-c2ccc(Cl)cc2)nc2cccnc21. The predicted molar refractivity (Wildman–Crippen MR) is 89.2 cm³/mol. The molecular weight excluding hydrogens is 298 g/mol. The van der Waals surface area contributed by atoms with Crippen LogP contribution >= 0.6 is 11.6 Å². The van der Waals surface area contributed by atoms with Gasteiger partial charge in [-0.3, -0.25) is 9.36 Å². The second kappa shape index (κ2) is 6.28. The molecule has 0 saturated carbocycles. The molecule has 0 radical (unpaired) electrons. The molecule has 0 aliphatic heterocycles. The van der Waals surface area contributed by atoms with Crippen molar-refractivity contribution in [2.75, 3.05) is 0 Å². The zero-order valence-electron chi connectivity index (χ0n) is 12.3. The van der Waals surface area contributed by atoms with E-state index in [0.717, 1.165) is 23.9 Å². The molecule has 0 atom stereocenters. The van der Waals surface area contributed by atoms with Gasteiger partial charge in [0.15, 0.2) is 5.65 Å². The number of rotatable bonds is 4. The van der Waals surface area contributed by atoms with Crippen LogP contribution in [0.5, 0.6) is 0 Å². The maximum absolute atomic E-state index is 12.8. The summed E-state index contributed by atoms with van der Waals surface area (Å²) in [5.74, 6) is 0. The lowest BCUT2D eigenvalue weighted by atomic mass is 10.1. The van der Waals surface area contributed by atoms with Gasteiger partial charge in [-0.2, -0.15) is 0 Å². The Morgan fingerprint density at radius 3 is 2.68 bits per heavy atom. The summed E-state index contributed by atoms with van der Waals surface area (Å²) in [5.41, 5.74) is 2.46. The van der Waals surface area contributed by atoms with Crippen LogP contribution in [0, 0.1) is 0 Å². The van der Waals surface area contributed by atoms with Gasteiger partial charge in [0.25, 0.3) is 5.56 Å². The number of nitrogens with zero attached hydrogens (tertiary/aromatic N) is 3. The molecule has 112 valence electrons. The molecule has 0 spiro atoms. The van der Waals surface area contributed by atoms with Gasteiger partial charge >= 0.3 is 0 Å². The van der Waals surface area contributed by atoms with Crippen molar-refractivity contribution in [2.45, 2.75) is 26.3 Å². The number of hydrogen-bond donors (Lipinski definition) is 0.